The van der Waals surface area contributed by atoms with Crippen molar-refractivity contribution in [2.24, 2.45) is 0 Å². The van der Waals surface area contributed by atoms with E-state index in [1.165, 1.54) is 37.3 Å². The normalized spacial score (nSPS) is 15.4. The highest BCUT2D eigenvalue weighted by atomic mass is 35.5. The minimum atomic E-state index is -2.97. The van der Waals surface area contributed by atoms with Gasteiger partial charge in [0.15, 0.2) is 15.8 Å². The lowest BCUT2D eigenvalue weighted by Gasteiger charge is -2.15. The van der Waals surface area contributed by atoms with Crippen LogP contribution < -0.4 is 19.1 Å². The first-order valence-electron chi connectivity index (χ1n) is 8.08. The summed E-state index contributed by atoms with van der Waals surface area (Å²) < 4.78 is 39.9. The predicted octanol–water partition coefficient (Wildman–Crippen LogP) is 5.36. The predicted molar refractivity (Wildman–Crippen MR) is 113 cm³/mol. The smallest absolute Gasteiger partial charge is 0.387 e. The number of thiocarbonyl (C=S) groups is 1. The number of anilines is 1. The number of benzene rings is 2. The number of thioether (sulfide) groups is 1. The Hall–Kier alpha value is -2.36. The summed E-state index contributed by atoms with van der Waals surface area (Å²) in [4.78, 5) is 14.6. The molecule has 5 nitrogen and oxygen atoms in total. The van der Waals surface area contributed by atoms with E-state index < -0.39 is 6.61 Å². The van der Waals surface area contributed by atoms with Crippen molar-refractivity contribution in [2.45, 2.75) is 6.61 Å². The molecular weight excluding hydrogens is 444 g/mol. The Balaban J connectivity index is 1.89. The topological polar surface area (TPSA) is 48.0 Å². The summed E-state index contributed by atoms with van der Waals surface area (Å²) in [5.74, 6) is 0.180. The molecule has 0 aromatic heterocycles. The van der Waals surface area contributed by atoms with E-state index in [1.807, 2.05) is 0 Å². The Morgan fingerprint density at radius 2 is 1.79 bits per heavy atom. The summed E-state index contributed by atoms with van der Waals surface area (Å²) in [5, 5.41) is 0.349. The van der Waals surface area contributed by atoms with Gasteiger partial charge in [0.25, 0.3) is 5.91 Å². The molecule has 3 rings (SSSR count). The molecule has 0 saturated carbocycles. The number of hydrogen-bond acceptors (Lipinski definition) is 6. The third-order valence-electron chi connectivity index (χ3n) is 3.89. The van der Waals surface area contributed by atoms with Gasteiger partial charge in [-0.3, -0.25) is 9.69 Å². The summed E-state index contributed by atoms with van der Waals surface area (Å²) in [6.07, 6.45) is 1.60. The molecule has 2 aromatic rings. The van der Waals surface area contributed by atoms with Crippen LogP contribution in [0.3, 0.4) is 0 Å². The largest absolute Gasteiger partial charge is 0.495 e. The lowest BCUT2D eigenvalue weighted by atomic mass is 10.2. The second-order valence-electron chi connectivity index (χ2n) is 5.62. The van der Waals surface area contributed by atoms with Gasteiger partial charge in [-0.2, -0.15) is 8.78 Å². The Bertz CT molecular complexity index is 1000. The first-order valence-corrected chi connectivity index (χ1v) is 9.68. The molecule has 2 aromatic carbocycles. The van der Waals surface area contributed by atoms with Gasteiger partial charge in [-0.1, -0.05) is 41.6 Å². The van der Waals surface area contributed by atoms with Crippen molar-refractivity contribution in [1.82, 2.24) is 0 Å². The third kappa shape index (κ3) is 4.63. The van der Waals surface area contributed by atoms with Crippen LogP contribution in [0.1, 0.15) is 5.56 Å². The van der Waals surface area contributed by atoms with Gasteiger partial charge < -0.3 is 14.2 Å². The van der Waals surface area contributed by atoms with Crippen molar-refractivity contribution in [2.75, 3.05) is 19.1 Å². The molecule has 0 N–H and O–H groups in total. The third-order valence-corrected chi connectivity index (χ3v) is 5.49. The summed E-state index contributed by atoms with van der Waals surface area (Å²) in [6, 6.07) is 9.30. The highest BCUT2D eigenvalue weighted by Gasteiger charge is 2.33. The number of carbonyl (C=O) groups is 1. The lowest BCUT2D eigenvalue weighted by Crippen LogP contribution is -2.27. The summed E-state index contributed by atoms with van der Waals surface area (Å²) in [5.41, 5.74) is 1.08. The molecule has 1 fully saturated rings. The fraction of sp³-hybridized carbons (Fsp3) is 0.158. The van der Waals surface area contributed by atoms with E-state index in [1.54, 1.807) is 24.3 Å². The van der Waals surface area contributed by atoms with E-state index in [9.17, 15) is 13.6 Å². The van der Waals surface area contributed by atoms with Crippen molar-refractivity contribution in [3.8, 4) is 17.2 Å². The molecule has 1 aliphatic rings. The molecule has 0 bridgehead atoms. The Kier molecular flexibility index (Phi) is 6.61. The molecule has 152 valence electrons. The quantitative estimate of drug-likeness (QED) is 0.429. The summed E-state index contributed by atoms with van der Waals surface area (Å²) in [7, 11) is 2.83. The van der Waals surface area contributed by atoms with E-state index >= 15 is 0 Å². The zero-order chi connectivity index (χ0) is 21.1. The van der Waals surface area contributed by atoms with E-state index in [-0.39, 0.29) is 17.4 Å². The molecule has 0 aliphatic carbocycles. The minimum absolute atomic E-state index is 0.0972. The van der Waals surface area contributed by atoms with Gasteiger partial charge in [-0.15, -0.1) is 0 Å². The molecule has 0 spiro atoms. The number of methoxy groups -OCH3 is 2. The van der Waals surface area contributed by atoms with Gasteiger partial charge in [0.2, 0.25) is 0 Å². The molecule has 29 heavy (non-hydrogen) atoms. The van der Waals surface area contributed by atoms with Gasteiger partial charge in [-0.25, -0.2) is 0 Å². The van der Waals surface area contributed by atoms with Crippen LogP contribution in [0.15, 0.2) is 41.3 Å². The maximum Gasteiger partial charge on any atom is 0.387 e. The zero-order valence-corrected chi connectivity index (χ0v) is 17.5. The van der Waals surface area contributed by atoms with Crippen LogP contribution in [0.5, 0.6) is 17.2 Å². The van der Waals surface area contributed by atoms with Crippen molar-refractivity contribution in [1.29, 1.82) is 0 Å². The number of carbonyl (C=O) groups excluding carboxylic acids is 1. The van der Waals surface area contributed by atoms with Crippen molar-refractivity contribution in [3.63, 3.8) is 0 Å². The molecule has 1 saturated heterocycles. The SMILES string of the molecule is COc1ccc(N2C(=O)/C(=C/c3ccc(OC(F)F)c(OC)c3)SC2=S)cc1Cl. The number of nitrogens with zero attached hydrogens (tertiary/aromatic N) is 1. The Labute approximate surface area is 180 Å². The van der Waals surface area contributed by atoms with Crippen LogP contribution in [0.4, 0.5) is 14.5 Å². The molecule has 0 unspecified atom stereocenters. The van der Waals surface area contributed by atoms with Gasteiger partial charge in [0.1, 0.15) is 5.75 Å². The first-order chi connectivity index (χ1) is 13.8. The van der Waals surface area contributed by atoms with Crippen molar-refractivity contribution >= 4 is 57.6 Å². The van der Waals surface area contributed by atoms with E-state index in [2.05, 4.69) is 4.74 Å². The van der Waals surface area contributed by atoms with E-state index in [0.29, 0.717) is 31.2 Å². The number of alkyl halides is 2. The Morgan fingerprint density at radius 1 is 1.10 bits per heavy atom. The van der Waals surface area contributed by atoms with E-state index in [0.717, 1.165) is 11.8 Å². The van der Waals surface area contributed by atoms with Crippen LogP contribution in [0.25, 0.3) is 6.08 Å². The molecule has 1 aliphatic heterocycles. The second kappa shape index (κ2) is 8.98. The summed E-state index contributed by atoms with van der Waals surface area (Å²) >= 11 is 12.6. The van der Waals surface area contributed by atoms with Gasteiger partial charge in [0.05, 0.1) is 29.8 Å². The monoisotopic (exact) mass is 457 g/mol. The van der Waals surface area contributed by atoms with E-state index in [4.69, 9.17) is 33.3 Å². The summed E-state index contributed by atoms with van der Waals surface area (Å²) in [6.45, 7) is -2.97. The highest BCUT2D eigenvalue weighted by molar-refractivity contribution is 8.27. The molecule has 1 amide bonds. The molecule has 0 atom stereocenters. The number of rotatable bonds is 6. The van der Waals surface area contributed by atoms with Crippen LogP contribution in [-0.2, 0) is 4.79 Å². The van der Waals surface area contributed by atoms with Crippen LogP contribution in [0, 0.1) is 0 Å². The first kappa shape index (κ1) is 21.4. The standard InChI is InChI=1S/C19H14ClF2NO4S2/c1-25-13-6-4-11(9-12(13)20)23-17(24)16(29-19(23)28)8-10-3-5-14(27-18(21)22)15(7-10)26-2/h3-9,18H,1-2H3/b16-8-. The fourth-order valence-electron chi connectivity index (χ4n) is 2.60. The Morgan fingerprint density at radius 3 is 2.41 bits per heavy atom. The number of halogens is 3. The highest BCUT2D eigenvalue weighted by Crippen LogP contribution is 2.39. The maximum atomic E-state index is 12.9. The number of ether oxygens (including phenoxy) is 3. The van der Waals surface area contributed by atoms with Gasteiger partial charge in [-0.05, 0) is 42.0 Å². The van der Waals surface area contributed by atoms with Crippen LogP contribution in [0.2, 0.25) is 5.02 Å². The molecule has 1 heterocycles. The second-order valence-corrected chi connectivity index (χ2v) is 7.71. The van der Waals surface area contributed by atoms with Crippen LogP contribution in [-0.4, -0.2) is 31.1 Å². The fourth-order valence-corrected chi connectivity index (χ4v) is 4.15. The van der Waals surface area contributed by atoms with Crippen LogP contribution >= 0.6 is 35.6 Å². The lowest BCUT2D eigenvalue weighted by molar-refractivity contribution is -0.113. The van der Waals surface area contributed by atoms with Crippen molar-refractivity contribution in [3.05, 3.63) is 51.9 Å². The van der Waals surface area contributed by atoms with Crippen molar-refractivity contribution < 1.29 is 27.8 Å². The minimum Gasteiger partial charge on any atom is -0.495 e. The maximum absolute atomic E-state index is 12.9. The average molecular weight is 458 g/mol. The number of amides is 1. The number of hydrogen-bond donors (Lipinski definition) is 0. The zero-order valence-electron chi connectivity index (χ0n) is 15.1. The van der Waals surface area contributed by atoms with Gasteiger partial charge in [0, 0.05) is 0 Å². The molecular formula is C19H14ClF2NO4S2. The molecule has 10 heteroatoms. The average Bonchev–Trinajstić information content (AvgIpc) is 2.95. The van der Waals surface area contributed by atoms with Gasteiger partial charge >= 0.3 is 6.61 Å². The molecule has 0 radical (unpaired) electrons.